The van der Waals surface area contributed by atoms with Crippen LogP contribution in [0.1, 0.15) is 6.42 Å². The number of amides is 1. The van der Waals surface area contributed by atoms with Crippen LogP contribution < -0.4 is 15.8 Å². The molecule has 2 aromatic rings. The number of anilines is 2. The van der Waals surface area contributed by atoms with Crippen molar-refractivity contribution in [2.75, 3.05) is 23.9 Å². The fourth-order valence-corrected chi connectivity index (χ4v) is 2.63. The fourth-order valence-electron chi connectivity index (χ4n) is 1.77. The quantitative estimate of drug-likeness (QED) is 0.634. The van der Waals surface area contributed by atoms with Crippen molar-refractivity contribution in [2.45, 2.75) is 11.3 Å². The number of nitrogen functional groups attached to an aromatic ring is 1. The van der Waals surface area contributed by atoms with Gasteiger partial charge < -0.3 is 15.8 Å². The Morgan fingerprint density at radius 3 is 2.67 bits per heavy atom. The van der Waals surface area contributed by atoms with Crippen LogP contribution in [0.25, 0.3) is 0 Å². The first-order valence-electron chi connectivity index (χ1n) is 6.59. The van der Waals surface area contributed by atoms with Gasteiger partial charge in [0, 0.05) is 28.4 Å². The average Bonchev–Trinajstić information content (AvgIpc) is 2.48. The molecule has 0 aliphatic rings. The Balaban J connectivity index is 1.76. The third kappa shape index (κ3) is 5.04. The summed E-state index contributed by atoms with van der Waals surface area (Å²) in [6.45, 7) is 0. The van der Waals surface area contributed by atoms with E-state index in [-0.39, 0.29) is 5.91 Å². The van der Waals surface area contributed by atoms with E-state index in [0.717, 1.165) is 22.1 Å². The number of hydrogen-bond donors (Lipinski definition) is 2. The van der Waals surface area contributed by atoms with Crippen molar-refractivity contribution >= 4 is 29.0 Å². The van der Waals surface area contributed by atoms with Crippen molar-refractivity contribution in [1.29, 1.82) is 0 Å². The van der Waals surface area contributed by atoms with E-state index in [2.05, 4.69) is 5.32 Å². The molecular weight excluding hydrogens is 284 g/mol. The summed E-state index contributed by atoms with van der Waals surface area (Å²) in [6.07, 6.45) is 0.450. The first kappa shape index (κ1) is 15.3. The number of methoxy groups -OCH3 is 1. The standard InChI is InChI=1S/C16H18N2O2S/c1-20-14-5-7-15(8-6-14)21-10-9-16(19)18-13-4-2-3-12(17)11-13/h2-8,11H,9-10,17H2,1H3,(H,18,19). The first-order valence-corrected chi connectivity index (χ1v) is 7.58. The van der Waals surface area contributed by atoms with Crippen LogP contribution in [-0.4, -0.2) is 18.8 Å². The molecule has 5 heteroatoms. The zero-order chi connectivity index (χ0) is 15.1. The smallest absolute Gasteiger partial charge is 0.225 e. The molecule has 0 aromatic heterocycles. The minimum atomic E-state index is -0.0124. The normalized spacial score (nSPS) is 10.1. The van der Waals surface area contributed by atoms with Crippen molar-refractivity contribution in [1.82, 2.24) is 0 Å². The molecule has 0 aliphatic heterocycles. The molecule has 2 rings (SSSR count). The van der Waals surface area contributed by atoms with E-state index >= 15 is 0 Å². The highest BCUT2D eigenvalue weighted by molar-refractivity contribution is 7.99. The maximum absolute atomic E-state index is 11.8. The molecule has 2 aromatic carbocycles. The van der Waals surface area contributed by atoms with E-state index in [1.54, 1.807) is 31.0 Å². The minimum absolute atomic E-state index is 0.0124. The van der Waals surface area contributed by atoms with E-state index < -0.39 is 0 Å². The van der Waals surface area contributed by atoms with E-state index in [4.69, 9.17) is 10.5 Å². The molecule has 3 N–H and O–H groups in total. The Hall–Kier alpha value is -2.14. The van der Waals surface area contributed by atoms with Gasteiger partial charge in [-0.2, -0.15) is 0 Å². The fraction of sp³-hybridized carbons (Fsp3) is 0.188. The number of carbonyl (C=O) groups excluding carboxylic acids is 1. The molecule has 4 nitrogen and oxygen atoms in total. The van der Waals surface area contributed by atoms with Gasteiger partial charge in [-0.25, -0.2) is 0 Å². The van der Waals surface area contributed by atoms with Crippen LogP contribution in [0.2, 0.25) is 0 Å². The lowest BCUT2D eigenvalue weighted by atomic mass is 10.3. The van der Waals surface area contributed by atoms with Gasteiger partial charge in [-0.1, -0.05) is 6.07 Å². The van der Waals surface area contributed by atoms with Crippen LogP contribution in [0.5, 0.6) is 5.75 Å². The van der Waals surface area contributed by atoms with Crippen molar-refractivity contribution in [3.8, 4) is 5.75 Å². The summed E-state index contributed by atoms with van der Waals surface area (Å²) in [5.41, 5.74) is 7.04. The van der Waals surface area contributed by atoms with Gasteiger partial charge >= 0.3 is 0 Å². The van der Waals surface area contributed by atoms with E-state index in [1.165, 1.54) is 0 Å². The molecule has 0 saturated carbocycles. The molecule has 0 fully saturated rings. The molecule has 0 heterocycles. The summed E-state index contributed by atoms with van der Waals surface area (Å²) in [5, 5.41) is 2.83. The summed E-state index contributed by atoms with van der Waals surface area (Å²) >= 11 is 1.64. The van der Waals surface area contributed by atoms with Gasteiger partial charge in [0.2, 0.25) is 5.91 Å². The van der Waals surface area contributed by atoms with Crippen molar-refractivity contribution in [3.63, 3.8) is 0 Å². The Bertz CT molecular complexity index is 599. The number of rotatable bonds is 6. The zero-order valence-corrected chi connectivity index (χ0v) is 12.7. The van der Waals surface area contributed by atoms with Crippen molar-refractivity contribution < 1.29 is 9.53 Å². The monoisotopic (exact) mass is 302 g/mol. The number of nitrogens with two attached hydrogens (primary N) is 1. The molecule has 0 aliphatic carbocycles. The van der Waals surface area contributed by atoms with Crippen molar-refractivity contribution in [3.05, 3.63) is 48.5 Å². The molecule has 0 atom stereocenters. The van der Waals surface area contributed by atoms with Crippen LogP contribution in [-0.2, 0) is 4.79 Å². The van der Waals surface area contributed by atoms with Crippen LogP contribution in [0.3, 0.4) is 0 Å². The molecule has 110 valence electrons. The molecule has 0 radical (unpaired) electrons. The third-order valence-corrected chi connectivity index (χ3v) is 3.84. The van der Waals surface area contributed by atoms with Crippen LogP contribution >= 0.6 is 11.8 Å². The van der Waals surface area contributed by atoms with E-state index in [9.17, 15) is 4.79 Å². The molecule has 0 saturated heterocycles. The third-order valence-electron chi connectivity index (χ3n) is 2.83. The highest BCUT2D eigenvalue weighted by Crippen LogP contribution is 2.22. The maximum atomic E-state index is 11.8. The number of thioether (sulfide) groups is 1. The van der Waals surface area contributed by atoms with Crippen LogP contribution in [0, 0.1) is 0 Å². The van der Waals surface area contributed by atoms with E-state index in [0.29, 0.717) is 12.1 Å². The maximum Gasteiger partial charge on any atom is 0.225 e. The summed E-state index contributed by atoms with van der Waals surface area (Å²) in [4.78, 5) is 12.9. The molecular formula is C16H18N2O2S. The second-order valence-corrected chi connectivity index (χ2v) is 5.62. The van der Waals surface area contributed by atoms with Crippen molar-refractivity contribution in [2.24, 2.45) is 0 Å². The summed E-state index contributed by atoms with van der Waals surface area (Å²) in [5.74, 6) is 1.54. The second kappa shape index (κ2) is 7.59. The van der Waals surface area contributed by atoms with Gasteiger partial charge in [-0.05, 0) is 42.5 Å². The average molecular weight is 302 g/mol. The zero-order valence-electron chi connectivity index (χ0n) is 11.8. The van der Waals surface area contributed by atoms with Crippen LogP contribution in [0.15, 0.2) is 53.4 Å². The number of hydrogen-bond acceptors (Lipinski definition) is 4. The van der Waals surface area contributed by atoms with Gasteiger partial charge in [-0.3, -0.25) is 4.79 Å². The summed E-state index contributed by atoms with van der Waals surface area (Å²) < 4.78 is 5.10. The Morgan fingerprint density at radius 1 is 1.24 bits per heavy atom. The topological polar surface area (TPSA) is 64.3 Å². The number of nitrogens with one attached hydrogen (secondary N) is 1. The predicted octanol–water partition coefficient (Wildman–Crippen LogP) is 3.40. The Kier molecular flexibility index (Phi) is 5.51. The van der Waals surface area contributed by atoms with Gasteiger partial charge in [0.25, 0.3) is 0 Å². The summed E-state index contributed by atoms with van der Waals surface area (Å²) in [6, 6.07) is 15.0. The van der Waals surface area contributed by atoms with Crippen LogP contribution in [0.4, 0.5) is 11.4 Å². The Morgan fingerprint density at radius 2 is 2.00 bits per heavy atom. The van der Waals surface area contributed by atoms with Gasteiger partial charge in [0.15, 0.2) is 0 Å². The predicted molar refractivity (Wildman–Crippen MR) is 87.8 cm³/mol. The number of benzene rings is 2. The Labute approximate surface area is 128 Å². The lowest BCUT2D eigenvalue weighted by Gasteiger charge is -2.06. The van der Waals surface area contributed by atoms with Gasteiger partial charge in [-0.15, -0.1) is 11.8 Å². The minimum Gasteiger partial charge on any atom is -0.497 e. The van der Waals surface area contributed by atoms with E-state index in [1.807, 2.05) is 36.4 Å². The lowest BCUT2D eigenvalue weighted by Crippen LogP contribution is -2.12. The highest BCUT2D eigenvalue weighted by atomic mass is 32.2. The van der Waals surface area contributed by atoms with Gasteiger partial charge in [0.1, 0.15) is 5.75 Å². The second-order valence-electron chi connectivity index (χ2n) is 4.45. The molecule has 1 amide bonds. The molecule has 21 heavy (non-hydrogen) atoms. The highest BCUT2D eigenvalue weighted by Gasteiger charge is 2.03. The molecule has 0 unspecified atom stereocenters. The SMILES string of the molecule is COc1ccc(SCCC(=O)Nc2cccc(N)c2)cc1. The number of ether oxygens (including phenoxy) is 1. The molecule has 0 bridgehead atoms. The first-order chi connectivity index (χ1) is 10.2. The molecule has 0 spiro atoms. The lowest BCUT2D eigenvalue weighted by molar-refractivity contribution is -0.115. The summed E-state index contributed by atoms with van der Waals surface area (Å²) in [7, 11) is 1.64. The number of carbonyl (C=O) groups is 1. The largest absolute Gasteiger partial charge is 0.497 e. The van der Waals surface area contributed by atoms with Gasteiger partial charge in [0.05, 0.1) is 7.11 Å².